The monoisotopic (exact) mass is 174 g/mol. The third-order valence-corrected chi connectivity index (χ3v) is 1.85. The Kier molecular flexibility index (Phi) is 10.0. The fourth-order valence-electron chi connectivity index (χ4n) is 0.175. The molecule has 0 aliphatic carbocycles. The van der Waals surface area contributed by atoms with Crippen LogP contribution < -0.4 is 0 Å². The minimum atomic E-state index is -0.706. The molecular weight excluding hydrogens is 152 g/mol. The Labute approximate surface area is 76.0 Å². The van der Waals surface area contributed by atoms with E-state index in [0.29, 0.717) is 0 Å². The highest BCUT2D eigenvalue weighted by Gasteiger charge is 2.05. The maximum Gasteiger partial charge on any atom is 0.306 e. The van der Waals surface area contributed by atoms with Gasteiger partial charge in [-0.2, -0.15) is 0 Å². The van der Waals surface area contributed by atoms with Crippen molar-refractivity contribution in [2.24, 2.45) is 11.8 Å². The second-order valence-electron chi connectivity index (χ2n) is 3.45. The SMILES string of the molecule is CCC(C)C.CCC(C)C(=O)O. The molecule has 0 aromatic carbocycles. The van der Waals surface area contributed by atoms with Gasteiger partial charge in [-0.05, 0) is 12.3 Å². The van der Waals surface area contributed by atoms with Gasteiger partial charge in [0, 0.05) is 0 Å². The van der Waals surface area contributed by atoms with E-state index in [1.165, 1.54) is 6.42 Å². The average molecular weight is 174 g/mol. The molecule has 0 radical (unpaired) electrons. The van der Waals surface area contributed by atoms with Crippen LogP contribution in [-0.4, -0.2) is 11.1 Å². The Morgan fingerprint density at radius 3 is 1.50 bits per heavy atom. The highest BCUT2D eigenvalue weighted by atomic mass is 16.4. The Bertz CT molecular complexity index is 108. The average Bonchev–Trinajstić information content (AvgIpc) is 2.04. The Hall–Kier alpha value is -0.530. The molecule has 1 unspecified atom stereocenters. The van der Waals surface area contributed by atoms with E-state index in [1.54, 1.807) is 6.92 Å². The molecule has 0 aliphatic heterocycles. The largest absolute Gasteiger partial charge is 0.481 e. The van der Waals surface area contributed by atoms with E-state index in [0.717, 1.165) is 12.3 Å². The third kappa shape index (κ3) is 12.2. The highest BCUT2D eigenvalue weighted by molar-refractivity contribution is 5.69. The summed E-state index contributed by atoms with van der Waals surface area (Å²) in [7, 11) is 0. The van der Waals surface area contributed by atoms with Crippen molar-refractivity contribution < 1.29 is 9.90 Å². The number of rotatable bonds is 3. The van der Waals surface area contributed by atoms with E-state index in [-0.39, 0.29) is 5.92 Å². The molecule has 0 heterocycles. The summed E-state index contributed by atoms with van der Waals surface area (Å²) in [6.45, 7) is 10.2. The lowest BCUT2D eigenvalue weighted by molar-refractivity contribution is -0.141. The Balaban J connectivity index is 0. The van der Waals surface area contributed by atoms with Crippen LogP contribution in [0.3, 0.4) is 0 Å². The van der Waals surface area contributed by atoms with E-state index in [2.05, 4.69) is 20.8 Å². The first kappa shape index (κ1) is 14.0. The molecule has 1 atom stereocenters. The number of carbonyl (C=O) groups is 1. The van der Waals surface area contributed by atoms with Crippen LogP contribution >= 0.6 is 0 Å². The van der Waals surface area contributed by atoms with Crippen LogP contribution in [0.25, 0.3) is 0 Å². The van der Waals surface area contributed by atoms with Crippen molar-refractivity contribution in [3.63, 3.8) is 0 Å². The summed E-state index contributed by atoms with van der Waals surface area (Å²) in [6.07, 6.45) is 2.02. The topological polar surface area (TPSA) is 37.3 Å². The molecule has 2 heteroatoms. The molecule has 0 bridgehead atoms. The van der Waals surface area contributed by atoms with Crippen molar-refractivity contribution in [3.05, 3.63) is 0 Å². The lowest BCUT2D eigenvalue weighted by atomic mass is 10.1. The molecule has 12 heavy (non-hydrogen) atoms. The summed E-state index contributed by atoms with van der Waals surface area (Å²) in [6, 6.07) is 0. The number of carboxylic acid groups (broad SMARTS) is 1. The van der Waals surface area contributed by atoms with E-state index in [1.807, 2.05) is 6.92 Å². The summed E-state index contributed by atoms with van der Waals surface area (Å²) >= 11 is 0. The molecule has 0 aromatic heterocycles. The number of hydrogen-bond acceptors (Lipinski definition) is 1. The van der Waals surface area contributed by atoms with E-state index < -0.39 is 5.97 Å². The fourth-order valence-corrected chi connectivity index (χ4v) is 0.175. The Morgan fingerprint density at radius 2 is 1.50 bits per heavy atom. The molecule has 0 amide bonds. The molecule has 0 saturated heterocycles. The van der Waals surface area contributed by atoms with Gasteiger partial charge < -0.3 is 5.11 Å². The second kappa shape index (κ2) is 8.57. The van der Waals surface area contributed by atoms with Crippen LogP contribution in [0.1, 0.15) is 47.5 Å². The van der Waals surface area contributed by atoms with Gasteiger partial charge in [0.2, 0.25) is 0 Å². The van der Waals surface area contributed by atoms with Gasteiger partial charge in [0.05, 0.1) is 5.92 Å². The van der Waals surface area contributed by atoms with Crippen molar-refractivity contribution in [1.82, 2.24) is 0 Å². The molecule has 0 saturated carbocycles. The third-order valence-electron chi connectivity index (χ3n) is 1.85. The zero-order valence-electron chi connectivity index (χ0n) is 8.92. The second-order valence-corrected chi connectivity index (χ2v) is 3.45. The van der Waals surface area contributed by atoms with Gasteiger partial charge in [-0.25, -0.2) is 0 Å². The first-order valence-corrected chi connectivity index (χ1v) is 4.68. The molecule has 2 nitrogen and oxygen atoms in total. The molecule has 0 spiro atoms. The van der Waals surface area contributed by atoms with Crippen molar-refractivity contribution in [3.8, 4) is 0 Å². The highest BCUT2D eigenvalue weighted by Crippen LogP contribution is 1.97. The zero-order chi connectivity index (χ0) is 10.1. The van der Waals surface area contributed by atoms with Crippen LogP contribution in [0.2, 0.25) is 0 Å². The van der Waals surface area contributed by atoms with E-state index >= 15 is 0 Å². The van der Waals surface area contributed by atoms with Gasteiger partial charge in [0.25, 0.3) is 0 Å². The Morgan fingerprint density at radius 1 is 1.17 bits per heavy atom. The van der Waals surface area contributed by atoms with E-state index in [9.17, 15) is 4.79 Å². The smallest absolute Gasteiger partial charge is 0.306 e. The number of hydrogen-bond donors (Lipinski definition) is 1. The zero-order valence-corrected chi connectivity index (χ0v) is 8.92. The van der Waals surface area contributed by atoms with Crippen LogP contribution in [-0.2, 0) is 4.79 Å². The molecule has 0 fully saturated rings. The molecule has 1 N–H and O–H groups in total. The van der Waals surface area contributed by atoms with Crippen molar-refractivity contribution in [2.75, 3.05) is 0 Å². The summed E-state index contributed by atoms with van der Waals surface area (Å²) < 4.78 is 0. The lowest BCUT2D eigenvalue weighted by Gasteiger charge is -1.96. The molecule has 0 rings (SSSR count). The van der Waals surface area contributed by atoms with Gasteiger partial charge in [-0.1, -0.05) is 41.0 Å². The maximum atomic E-state index is 9.93. The van der Waals surface area contributed by atoms with Gasteiger partial charge in [-0.3, -0.25) is 4.79 Å². The fraction of sp³-hybridized carbons (Fsp3) is 0.900. The first-order valence-electron chi connectivity index (χ1n) is 4.68. The predicted molar refractivity (Wildman–Crippen MR) is 52.2 cm³/mol. The van der Waals surface area contributed by atoms with Crippen molar-refractivity contribution in [1.29, 1.82) is 0 Å². The van der Waals surface area contributed by atoms with E-state index in [4.69, 9.17) is 5.11 Å². The summed E-state index contributed by atoms with van der Waals surface area (Å²) in [4.78, 5) is 9.93. The minimum absolute atomic E-state index is 0.181. The summed E-state index contributed by atoms with van der Waals surface area (Å²) in [5.74, 6) is -0.00231. The van der Waals surface area contributed by atoms with Crippen molar-refractivity contribution >= 4 is 5.97 Å². The number of carboxylic acids is 1. The van der Waals surface area contributed by atoms with Gasteiger partial charge in [0.1, 0.15) is 0 Å². The van der Waals surface area contributed by atoms with Crippen LogP contribution in [0, 0.1) is 11.8 Å². The predicted octanol–water partition coefficient (Wildman–Crippen LogP) is 3.17. The lowest BCUT2D eigenvalue weighted by Crippen LogP contribution is -2.06. The molecule has 0 aromatic rings. The molecule has 74 valence electrons. The maximum absolute atomic E-state index is 9.93. The summed E-state index contributed by atoms with van der Waals surface area (Å²) in [5.41, 5.74) is 0. The van der Waals surface area contributed by atoms with Crippen molar-refractivity contribution in [2.45, 2.75) is 47.5 Å². The van der Waals surface area contributed by atoms with Gasteiger partial charge >= 0.3 is 5.97 Å². The summed E-state index contributed by atoms with van der Waals surface area (Å²) in [5, 5.41) is 8.18. The van der Waals surface area contributed by atoms with Crippen LogP contribution in [0.5, 0.6) is 0 Å². The van der Waals surface area contributed by atoms with Gasteiger partial charge in [-0.15, -0.1) is 0 Å². The first-order chi connectivity index (χ1) is 5.45. The number of aliphatic carboxylic acids is 1. The normalized spacial score (nSPS) is 11.8. The standard InChI is InChI=1S/C5H10O2.C5H12/c1-3-4(2)5(6)7;1-4-5(2)3/h4H,3H2,1-2H3,(H,6,7);5H,4H2,1-3H3. The molecule has 0 aliphatic rings. The minimum Gasteiger partial charge on any atom is -0.481 e. The quantitative estimate of drug-likeness (QED) is 0.713. The van der Waals surface area contributed by atoms with Crippen LogP contribution in [0.15, 0.2) is 0 Å². The molecular formula is C10H22O2. The van der Waals surface area contributed by atoms with Gasteiger partial charge in [0.15, 0.2) is 0 Å². The van der Waals surface area contributed by atoms with Crippen LogP contribution in [0.4, 0.5) is 0 Å².